The molecule has 0 atom stereocenters. The summed E-state index contributed by atoms with van der Waals surface area (Å²) in [5, 5.41) is 2.94. The van der Waals surface area contributed by atoms with Crippen molar-refractivity contribution in [1.29, 1.82) is 0 Å². The van der Waals surface area contributed by atoms with E-state index in [0.29, 0.717) is 26.2 Å². The van der Waals surface area contributed by atoms with Crippen LogP contribution in [0.2, 0.25) is 0 Å². The van der Waals surface area contributed by atoms with E-state index in [-0.39, 0.29) is 34.3 Å². The van der Waals surface area contributed by atoms with Gasteiger partial charge in [0.15, 0.2) is 11.6 Å². The number of halogens is 2. The molecule has 27 heavy (non-hydrogen) atoms. The van der Waals surface area contributed by atoms with E-state index in [1.807, 2.05) is 0 Å². The number of ether oxygens (including phenoxy) is 1. The third kappa shape index (κ3) is 3.10. The maximum absolute atomic E-state index is 15.4. The van der Waals surface area contributed by atoms with Gasteiger partial charge in [0.2, 0.25) is 5.43 Å². The zero-order chi connectivity index (χ0) is 19.7. The van der Waals surface area contributed by atoms with Crippen LogP contribution in [0.4, 0.5) is 14.5 Å². The lowest BCUT2D eigenvalue weighted by Gasteiger charge is -2.31. The molecule has 2 heterocycles. The van der Waals surface area contributed by atoms with Crippen LogP contribution >= 0.6 is 0 Å². The molecule has 0 radical (unpaired) electrons. The van der Waals surface area contributed by atoms with E-state index in [1.54, 1.807) is 11.8 Å². The van der Waals surface area contributed by atoms with E-state index in [2.05, 4.69) is 11.9 Å². The molecule has 1 aliphatic heterocycles. The number of piperazine rings is 1. The summed E-state index contributed by atoms with van der Waals surface area (Å²) in [6, 6.07) is 0. The molecule has 0 saturated carbocycles. The lowest BCUT2D eigenvalue weighted by molar-refractivity contribution is 0.0524. The van der Waals surface area contributed by atoms with Crippen LogP contribution in [0.1, 0.15) is 22.8 Å². The largest absolute Gasteiger partial charge is 0.462 e. The first-order chi connectivity index (χ1) is 12.9. The highest BCUT2D eigenvalue weighted by Crippen LogP contribution is 2.33. The molecule has 0 unspecified atom stereocenters. The average Bonchev–Trinajstić information content (AvgIpc) is 2.67. The second-order valence-electron chi connectivity index (χ2n) is 6.24. The molecular weight excluding hydrogens is 356 g/mol. The van der Waals surface area contributed by atoms with Crippen molar-refractivity contribution >= 4 is 28.8 Å². The van der Waals surface area contributed by atoms with Crippen LogP contribution < -0.4 is 15.6 Å². The third-order valence-electron chi connectivity index (χ3n) is 4.69. The number of carbonyl (C=O) groups is 1. The number of nitrogens with one attached hydrogen (secondary N) is 1. The highest BCUT2D eigenvalue weighted by Gasteiger charge is 2.28. The summed E-state index contributed by atoms with van der Waals surface area (Å²) in [6.45, 7) is 8.80. The van der Waals surface area contributed by atoms with Gasteiger partial charge in [-0.05, 0) is 13.8 Å². The molecule has 1 fully saturated rings. The summed E-state index contributed by atoms with van der Waals surface area (Å²) in [5.74, 6) is -2.48. The number of fused-ring (bicyclic) bond motifs is 1. The maximum Gasteiger partial charge on any atom is 0.343 e. The number of carbonyl (C=O) groups excluding carboxylic acids is 1. The highest BCUT2D eigenvalue weighted by atomic mass is 19.1. The molecule has 1 N–H and O–H groups in total. The van der Waals surface area contributed by atoms with Crippen molar-refractivity contribution in [2.75, 3.05) is 37.7 Å². The van der Waals surface area contributed by atoms with Crippen molar-refractivity contribution in [3.8, 4) is 0 Å². The van der Waals surface area contributed by atoms with E-state index < -0.39 is 23.0 Å². The number of aromatic nitrogens is 1. The van der Waals surface area contributed by atoms with Crippen molar-refractivity contribution in [1.82, 2.24) is 9.88 Å². The van der Waals surface area contributed by atoms with Crippen molar-refractivity contribution in [2.24, 2.45) is 0 Å². The molecule has 2 aromatic rings. The van der Waals surface area contributed by atoms with Crippen LogP contribution in [0.5, 0.6) is 0 Å². The van der Waals surface area contributed by atoms with Gasteiger partial charge in [-0.15, -0.1) is 0 Å². The number of aryl methyl sites for hydroxylation is 1. The number of pyridine rings is 1. The van der Waals surface area contributed by atoms with Crippen LogP contribution in [-0.4, -0.2) is 43.3 Å². The van der Waals surface area contributed by atoms with Crippen molar-refractivity contribution in [2.45, 2.75) is 13.8 Å². The summed E-state index contributed by atoms with van der Waals surface area (Å²) in [5.41, 5.74) is -1.33. The van der Waals surface area contributed by atoms with Gasteiger partial charge < -0.3 is 19.5 Å². The summed E-state index contributed by atoms with van der Waals surface area (Å²) >= 11 is 0. The second kappa shape index (κ2) is 7.48. The first kappa shape index (κ1) is 19.0. The minimum atomic E-state index is -0.845. The Hall–Kier alpha value is -2.74. The van der Waals surface area contributed by atoms with Gasteiger partial charge in [0.1, 0.15) is 11.3 Å². The summed E-state index contributed by atoms with van der Waals surface area (Å²) in [4.78, 5) is 26.5. The molecule has 0 amide bonds. The van der Waals surface area contributed by atoms with Gasteiger partial charge in [0, 0.05) is 44.1 Å². The fraction of sp³-hybridized carbons (Fsp3) is 0.368. The minimum Gasteiger partial charge on any atom is -0.462 e. The monoisotopic (exact) mass is 377 g/mol. The van der Waals surface area contributed by atoms with Gasteiger partial charge in [-0.3, -0.25) is 4.79 Å². The molecule has 8 heteroatoms. The van der Waals surface area contributed by atoms with Gasteiger partial charge in [-0.1, -0.05) is 6.58 Å². The van der Waals surface area contributed by atoms with Crippen LogP contribution in [0.15, 0.2) is 17.6 Å². The lowest BCUT2D eigenvalue weighted by Crippen LogP contribution is -2.44. The van der Waals surface area contributed by atoms with Crippen LogP contribution in [-0.2, 0) is 4.74 Å². The number of esters is 1. The Morgan fingerprint density at radius 1 is 1.33 bits per heavy atom. The zero-order valence-electron chi connectivity index (χ0n) is 15.3. The molecule has 144 valence electrons. The fourth-order valence-corrected chi connectivity index (χ4v) is 3.36. The van der Waals surface area contributed by atoms with E-state index in [4.69, 9.17) is 4.74 Å². The Bertz CT molecular complexity index is 979. The molecule has 1 aromatic heterocycles. The SMILES string of the molecule is C=Cn1cc(C(=O)OCC)c(=O)c2c(C)c(F)c(N3CCNCC3)c(F)c21. The van der Waals surface area contributed by atoms with E-state index in [1.165, 1.54) is 23.9 Å². The molecule has 0 aliphatic carbocycles. The molecule has 1 saturated heterocycles. The van der Waals surface area contributed by atoms with Crippen LogP contribution in [0.25, 0.3) is 17.1 Å². The molecule has 1 aliphatic rings. The Labute approximate surface area is 155 Å². The van der Waals surface area contributed by atoms with Gasteiger partial charge in [-0.2, -0.15) is 0 Å². The van der Waals surface area contributed by atoms with Gasteiger partial charge in [0.25, 0.3) is 0 Å². The zero-order valence-corrected chi connectivity index (χ0v) is 15.3. The van der Waals surface area contributed by atoms with Gasteiger partial charge >= 0.3 is 5.97 Å². The standard InChI is InChI=1S/C19H21F2N3O3/c1-4-23-10-12(19(26)27-5-2)18(25)13-11(3)14(20)17(15(21)16(13)23)24-8-6-22-7-9-24/h4,10,22H,1,5-9H2,2-3H3. The number of benzene rings is 1. The molecule has 0 spiro atoms. The number of anilines is 1. The number of hydrogen-bond acceptors (Lipinski definition) is 5. The Kier molecular flexibility index (Phi) is 5.27. The predicted octanol–water partition coefficient (Wildman–Crippen LogP) is 2.27. The minimum absolute atomic E-state index is 0.00770. The van der Waals surface area contributed by atoms with Crippen molar-refractivity contribution < 1.29 is 18.3 Å². The smallest absolute Gasteiger partial charge is 0.343 e. The first-order valence-corrected chi connectivity index (χ1v) is 8.74. The van der Waals surface area contributed by atoms with Crippen molar-refractivity contribution in [3.63, 3.8) is 0 Å². The Morgan fingerprint density at radius 2 is 2.00 bits per heavy atom. The Morgan fingerprint density at radius 3 is 2.59 bits per heavy atom. The molecular formula is C19H21F2N3O3. The number of hydrogen-bond donors (Lipinski definition) is 1. The summed E-state index contributed by atoms with van der Waals surface area (Å²) < 4.78 is 36.6. The molecule has 1 aromatic carbocycles. The highest BCUT2D eigenvalue weighted by molar-refractivity contribution is 5.96. The topological polar surface area (TPSA) is 63.6 Å². The van der Waals surface area contributed by atoms with Crippen molar-refractivity contribution in [3.05, 3.63) is 45.8 Å². The average molecular weight is 377 g/mol. The lowest BCUT2D eigenvalue weighted by atomic mass is 10.0. The van der Waals surface area contributed by atoms with Gasteiger partial charge in [0.05, 0.1) is 17.5 Å². The first-order valence-electron chi connectivity index (χ1n) is 8.74. The quantitative estimate of drug-likeness (QED) is 0.829. The van der Waals surface area contributed by atoms with Crippen LogP contribution in [0.3, 0.4) is 0 Å². The normalized spacial score (nSPS) is 14.4. The molecule has 3 rings (SSSR count). The van der Waals surface area contributed by atoms with E-state index in [0.717, 1.165) is 0 Å². The summed E-state index contributed by atoms with van der Waals surface area (Å²) in [7, 11) is 0. The molecule has 0 bridgehead atoms. The van der Waals surface area contributed by atoms with Gasteiger partial charge in [-0.25, -0.2) is 13.6 Å². The number of nitrogens with zero attached hydrogens (tertiary/aromatic N) is 2. The maximum atomic E-state index is 15.4. The third-order valence-corrected chi connectivity index (χ3v) is 4.69. The summed E-state index contributed by atoms with van der Waals surface area (Å²) in [6.07, 6.45) is 2.45. The predicted molar refractivity (Wildman–Crippen MR) is 100 cm³/mol. The van der Waals surface area contributed by atoms with E-state index >= 15 is 8.78 Å². The number of rotatable bonds is 4. The van der Waals surface area contributed by atoms with Crippen LogP contribution in [0, 0.1) is 18.6 Å². The second-order valence-corrected chi connectivity index (χ2v) is 6.24. The molecule has 6 nitrogen and oxygen atoms in total. The fourth-order valence-electron chi connectivity index (χ4n) is 3.36. The van der Waals surface area contributed by atoms with E-state index in [9.17, 15) is 9.59 Å². The Balaban J connectivity index is 2.37.